The van der Waals surface area contributed by atoms with Gasteiger partial charge in [-0.3, -0.25) is 4.79 Å². The van der Waals surface area contributed by atoms with E-state index in [4.69, 9.17) is 9.47 Å². The predicted octanol–water partition coefficient (Wildman–Crippen LogP) is 3.23. The Balaban J connectivity index is 2.05. The van der Waals surface area contributed by atoms with E-state index < -0.39 is 5.82 Å². The van der Waals surface area contributed by atoms with Gasteiger partial charge in [-0.2, -0.15) is 0 Å². The van der Waals surface area contributed by atoms with Crippen LogP contribution in [0.5, 0.6) is 11.5 Å². The quantitative estimate of drug-likeness (QED) is 0.774. The minimum Gasteiger partial charge on any atom is -0.497 e. The van der Waals surface area contributed by atoms with Gasteiger partial charge in [0.15, 0.2) is 6.29 Å². The number of rotatable bonds is 5. The molecule has 0 heterocycles. The molecule has 2 aromatic carbocycles. The lowest BCUT2D eigenvalue weighted by atomic mass is 10.1. The first kappa shape index (κ1) is 13.1. The Morgan fingerprint density at radius 3 is 2.63 bits per heavy atom. The Morgan fingerprint density at radius 1 is 1.16 bits per heavy atom. The summed E-state index contributed by atoms with van der Waals surface area (Å²) in [6, 6.07) is 11.5. The Kier molecular flexibility index (Phi) is 4.13. The molecule has 0 bridgehead atoms. The molecule has 4 heteroatoms. The van der Waals surface area contributed by atoms with Crippen LogP contribution in [0.1, 0.15) is 15.9 Å². The van der Waals surface area contributed by atoms with Crippen molar-refractivity contribution in [3.05, 3.63) is 59.4 Å². The highest BCUT2D eigenvalue weighted by Crippen LogP contribution is 2.20. The third-order valence-electron chi connectivity index (χ3n) is 2.64. The van der Waals surface area contributed by atoms with Crippen LogP contribution >= 0.6 is 0 Å². The monoisotopic (exact) mass is 260 g/mol. The highest BCUT2D eigenvalue weighted by molar-refractivity contribution is 5.75. The molecule has 98 valence electrons. The molecule has 0 aliphatic heterocycles. The summed E-state index contributed by atoms with van der Waals surface area (Å²) in [7, 11) is 1.58. The summed E-state index contributed by atoms with van der Waals surface area (Å²) >= 11 is 0. The summed E-state index contributed by atoms with van der Waals surface area (Å²) < 4.78 is 24.0. The first-order valence-corrected chi connectivity index (χ1v) is 5.73. The zero-order valence-corrected chi connectivity index (χ0v) is 10.4. The van der Waals surface area contributed by atoms with Crippen LogP contribution < -0.4 is 9.47 Å². The molecule has 0 unspecified atom stereocenters. The predicted molar refractivity (Wildman–Crippen MR) is 69.1 cm³/mol. The van der Waals surface area contributed by atoms with Crippen molar-refractivity contribution in [1.82, 2.24) is 0 Å². The fraction of sp³-hybridized carbons (Fsp3) is 0.133. The molecular formula is C15H13FO3. The van der Waals surface area contributed by atoms with E-state index in [0.29, 0.717) is 23.3 Å². The van der Waals surface area contributed by atoms with Gasteiger partial charge in [-0.15, -0.1) is 0 Å². The van der Waals surface area contributed by atoms with Crippen LogP contribution in [0.15, 0.2) is 42.5 Å². The summed E-state index contributed by atoms with van der Waals surface area (Å²) in [4.78, 5) is 10.5. The molecule has 0 spiro atoms. The van der Waals surface area contributed by atoms with Gasteiger partial charge in [-0.05, 0) is 29.8 Å². The van der Waals surface area contributed by atoms with E-state index >= 15 is 0 Å². The number of halogens is 1. The Bertz CT molecular complexity index is 581. The zero-order chi connectivity index (χ0) is 13.7. The molecule has 0 fully saturated rings. The molecule has 3 nitrogen and oxygen atoms in total. The molecular weight excluding hydrogens is 247 g/mol. The van der Waals surface area contributed by atoms with Crippen molar-refractivity contribution in [2.45, 2.75) is 6.61 Å². The summed E-state index contributed by atoms with van der Waals surface area (Å²) in [6.45, 7) is 0.225. The van der Waals surface area contributed by atoms with Crippen molar-refractivity contribution in [1.29, 1.82) is 0 Å². The lowest BCUT2D eigenvalue weighted by molar-refractivity contribution is 0.111. The number of aldehydes is 1. The standard InChI is InChI=1S/C15H13FO3/c1-18-13-3-2-4-14(8-13)19-10-11-5-6-12(9-17)15(16)7-11/h2-9H,10H2,1H3. The van der Waals surface area contributed by atoms with Gasteiger partial charge in [0, 0.05) is 6.07 Å². The third-order valence-corrected chi connectivity index (χ3v) is 2.64. The largest absolute Gasteiger partial charge is 0.497 e. The SMILES string of the molecule is COc1cccc(OCc2ccc(C=O)c(F)c2)c1. The van der Waals surface area contributed by atoms with Crippen LogP contribution in [0.2, 0.25) is 0 Å². The van der Waals surface area contributed by atoms with E-state index in [0.717, 1.165) is 0 Å². The molecule has 0 radical (unpaired) electrons. The lowest BCUT2D eigenvalue weighted by Crippen LogP contribution is -1.98. The molecule has 0 aliphatic rings. The highest BCUT2D eigenvalue weighted by Gasteiger charge is 2.03. The van der Waals surface area contributed by atoms with Gasteiger partial charge in [0.05, 0.1) is 12.7 Å². The number of carbonyl (C=O) groups is 1. The molecule has 0 aromatic heterocycles. The van der Waals surface area contributed by atoms with E-state index in [1.54, 1.807) is 25.3 Å². The van der Waals surface area contributed by atoms with Crippen LogP contribution in [0, 0.1) is 5.82 Å². The maximum Gasteiger partial charge on any atom is 0.152 e. The highest BCUT2D eigenvalue weighted by atomic mass is 19.1. The zero-order valence-electron chi connectivity index (χ0n) is 10.4. The fourth-order valence-electron chi connectivity index (χ4n) is 1.61. The van der Waals surface area contributed by atoms with E-state index in [1.807, 2.05) is 12.1 Å². The van der Waals surface area contributed by atoms with Crippen LogP contribution in [0.25, 0.3) is 0 Å². The topological polar surface area (TPSA) is 35.5 Å². The van der Waals surface area contributed by atoms with Gasteiger partial charge >= 0.3 is 0 Å². The number of hydrogen-bond acceptors (Lipinski definition) is 3. The summed E-state index contributed by atoms with van der Waals surface area (Å²) in [6.07, 6.45) is 0.488. The molecule has 2 rings (SSSR count). The van der Waals surface area contributed by atoms with Crippen LogP contribution in [0.4, 0.5) is 4.39 Å². The second-order valence-electron chi connectivity index (χ2n) is 3.94. The smallest absolute Gasteiger partial charge is 0.152 e. The van der Waals surface area contributed by atoms with Crippen molar-refractivity contribution in [3.8, 4) is 11.5 Å². The van der Waals surface area contributed by atoms with Gasteiger partial charge in [0.1, 0.15) is 23.9 Å². The molecule has 0 amide bonds. The third kappa shape index (κ3) is 3.31. The minimum absolute atomic E-state index is 0.0464. The fourth-order valence-corrected chi connectivity index (χ4v) is 1.61. The number of benzene rings is 2. The van der Waals surface area contributed by atoms with Gasteiger partial charge < -0.3 is 9.47 Å². The molecule has 2 aromatic rings. The van der Waals surface area contributed by atoms with Crippen molar-refractivity contribution >= 4 is 6.29 Å². The number of methoxy groups -OCH3 is 1. The molecule has 0 saturated carbocycles. The molecule has 0 N–H and O–H groups in total. The molecule has 0 saturated heterocycles. The van der Waals surface area contributed by atoms with Crippen molar-refractivity contribution in [3.63, 3.8) is 0 Å². The Hall–Kier alpha value is -2.36. The minimum atomic E-state index is -0.540. The first-order valence-electron chi connectivity index (χ1n) is 5.73. The van der Waals surface area contributed by atoms with E-state index in [9.17, 15) is 9.18 Å². The van der Waals surface area contributed by atoms with Crippen molar-refractivity contribution < 1.29 is 18.7 Å². The Morgan fingerprint density at radius 2 is 1.95 bits per heavy atom. The van der Waals surface area contributed by atoms with Crippen molar-refractivity contribution in [2.24, 2.45) is 0 Å². The van der Waals surface area contributed by atoms with Gasteiger partial charge in [0.2, 0.25) is 0 Å². The summed E-state index contributed by atoms with van der Waals surface area (Å²) in [5, 5.41) is 0. The average Bonchev–Trinajstić information content (AvgIpc) is 2.45. The molecule has 0 aliphatic carbocycles. The maximum absolute atomic E-state index is 13.4. The second-order valence-corrected chi connectivity index (χ2v) is 3.94. The molecule has 0 atom stereocenters. The van der Waals surface area contributed by atoms with Gasteiger partial charge in [0.25, 0.3) is 0 Å². The first-order chi connectivity index (χ1) is 9.22. The second kappa shape index (κ2) is 6.00. The van der Waals surface area contributed by atoms with Crippen molar-refractivity contribution in [2.75, 3.05) is 7.11 Å². The molecule has 19 heavy (non-hydrogen) atoms. The van der Waals surface area contributed by atoms with Crippen LogP contribution in [-0.2, 0) is 6.61 Å². The number of ether oxygens (including phenoxy) is 2. The van der Waals surface area contributed by atoms with Gasteiger partial charge in [-0.25, -0.2) is 4.39 Å². The normalized spacial score (nSPS) is 10.0. The summed E-state index contributed by atoms with van der Waals surface area (Å²) in [5.74, 6) is 0.793. The maximum atomic E-state index is 13.4. The Labute approximate surface area is 110 Å². The number of carbonyl (C=O) groups excluding carboxylic acids is 1. The van der Waals surface area contributed by atoms with E-state index in [-0.39, 0.29) is 12.2 Å². The van der Waals surface area contributed by atoms with E-state index in [1.165, 1.54) is 12.1 Å². The van der Waals surface area contributed by atoms with Crippen LogP contribution in [-0.4, -0.2) is 13.4 Å². The lowest BCUT2D eigenvalue weighted by Gasteiger charge is -2.08. The number of hydrogen-bond donors (Lipinski definition) is 0. The average molecular weight is 260 g/mol. The van der Waals surface area contributed by atoms with Gasteiger partial charge in [-0.1, -0.05) is 12.1 Å². The van der Waals surface area contributed by atoms with Crippen LogP contribution in [0.3, 0.4) is 0 Å². The van der Waals surface area contributed by atoms with E-state index in [2.05, 4.69) is 0 Å². The summed E-state index contributed by atoms with van der Waals surface area (Å²) in [5.41, 5.74) is 0.705.